The van der Waals surface area contributed by atoms with Crippen LogP contribution in [0.25, 0.3) is 0 Å². The minimum atomic E-state index is -0.357. The molecular formula is C14H21N3O3. The van der Waals surface area contributed by atoms with Gasteiger partial charge in [0.15, 0.2) is 5.84 Å². The van der Waals surface area contributed by atoms with E-state index < -0.39 is 0 Å². The molecule has 1 aromatic carbocycles. The van der Waals surface area contributed by atoms with E-state index in [4.69, 9.17) is 20.4 Å². The molecule has 2 rings (SSSR count). The average Bonchev–Trinajstić information content (AvgIpc) is 2.47. The number of oxime groups is 1. The Kier molecular flexibility index (Phi) is 4.81. The van der Waals surface area contributed by atoms with Crippen LogP contribution in [0.4, 0.5) is 0 Å². The highest BCUT2D eigenvalue weighted by Crippen LogP contribution is 2.22. The summed E-state index contributed by atoms with van der Waals surface area (Å²) < 4.78 is 10.9. The average molecular weight is 279 g/mol. The van der Waals surface area contributed by atoms with Gasteiger partial charge in [-0.15, -0.1) is 0 Å². The van der Waals surface area contributed by atoms with Crippen molar-refractivity contribution in [3.8, 4) is 5.75 Å². The Labute approximate surface area is 118 Å². The summed E-state index contributed by atoms with van der Waals surface area (Å²) in [5, 5.41) is 11.7. The van der Waals surface area contributed by atoms with Crippen molar-refractivity contribution in [2.75, 3.05) is 26.8 Å². The Morgan fingerprint density at radius 1 is 1.60 bits per heavy atom. The van der Waals surface area contributed by atoms with Crippen molar-refractivity contribution in [1.82, 2.24) is 4.90 Å². The van der Waals surface area contributed by atoms with E-state index in [9.17, 15) is 0 Å². The lowest BCUT2D eigenvalue weighted by Gasteiger charge is -2.32. The van der Waals surface area contributed by atoms with Crippen molar-refractivity contribution in [1.29, 1.82) is 0 Å². The third kappa shape index (κ3) is 3.40. The zero-order chi connectivity index (χ0) is 14.5. The second kappa shape index (κ2) is 6.58. The molecule has 0 bridgehead atoms. The summed E-state index contributed by atoms with van der Waals surface area (Å²) in [6, 6.07) is 6.12. The van der Waals surface area contributed by atoms with E-state index in [0.717, 1.165) is 24.4 Å². The SMILES string of the molecule is COc1ccc(C)cc1CN1CCOC(C(N)=NO)C1. The molecular weight excluding hydrogens is 258 g/mol. The first-order chi connectivity index (χ1) is 9.63. The Morgan fingerprint density at radius 2 is 2.40 bits per heavy atom. The number of aryl methyl sites for hydroxylation is 1. The summed E-state index contributed by atoms with van der Waals surface area (Å²) in [7, 11) is 1.67. The maximum absolute atomic E-state index is 8.73. The molecule has 3 N–H and O–H groups in total. The zero-order valence-electron chi connectivity index (χ0n) is 11.9. The van der Waals surface area contributed by atoms with Crippen molar-refractivity contribution >= 4 is 5.84 Å². The highest BCUT2D eigenvalue weighted by atomic mass is 16.5. The van der Waals surface area contributed by atoms with E-state index in [2.05, 4.69) is 23.0 Å². The third-order valence-electron chi connectivity index (χ3n) is 3.43. The van der Waals surface area contributed by atoms with Crippen molar-refractivity contribution in [2.45, 2.75) is 19.6 Å². The van der Waals surface area contributed by atoms with Crippen molar-refractivity contribution < 1.29 is 14.7 Å². The van der Waals surface area contributed by atoms with Gasteiger partial charge in [0.25, 0.3) is 0 Å². The molecule has 0 amide bonds. The van der Waals surface area contributed by atoms with Gasteiger partial charge >= 0.3 is 0 Å². The maximum Gasteiger partial charge on any atom is 0.169 e. The Bertz CT molecular complexity index is 491. The van der Waals surface area contributed by atoms with Gasteiger partial charge in [-0.05, 0) is 13.0 Å². The second-order valence-corrected chi connectivity index (χ2v) is 4.93. The summed E-state index contributed by atoms with van der Waals surface area (Å²) in [5.74, 6) is 0.994. The van der Waals surface area contributed by atoms with Gasteiger partial charge in [-0.1, -0.05) is 22.9 Å². The van der Waals surface area contributed by atoms with Crippen LogP contribution in [0.3, 0.4) is 0 Å². The molecule has 110 valence electrons. The summed E-state index contributed by atoms with van der Waals surface area (Å²) in [6.07, 6.45) is -0.357. The topological polar surface area (TPSA) is 80.3 Å². The number of nitrogens with two attached hydrogens (primary N) is 1. The highest BCUT2D eigenvalue weighted by Gasteiger charge is 2.24. The number of benzene rings is 1. The number of hydrogen-bond donors (Lipinski definition) is 2. The number of amidine groups is 1. The first-order valence-corrected chi connectivity index (χ1v) is 6.59. The lowest BCUT2D eigenvalue weighted by Crippen LogP contribution is -2.48. The number of rotatable bonds is 4. The minimum absolute atomic E-state index is 0.117. The fourth-order valence-electron chi connectivity index (χ4n) is 2.36. The van der Waals surface area contributed by atoms with Gasteiger partial charge in [0.2, 0.25) is 0 Å². The molecule has 0 spiro atoms. The second-order valence-electron chi connectivity index (χ2n) is 4.93. The summed E-state index contributed by atoms with van der Waals surface area (Å²) >= 11 is 0. The van der Waals surface area contributed by atoms with E-state index in [-0.39, 0.29) is 11.9 Å². The van der Waals surface area contributed by atoms with Crippen LogP contribution in [0, 0.1) is 6.92 Å². The monoisotopic (exact) mass is 279 g/mol. The van der Waals surface area contributed by atoms with E-state index in [0.29, 0.717) is 13.2 Å². The van der Waals surface area contributed by atoms with Crippen LogP contribution in [0.1, 0.15) is 11.1 Å². The third-order valence-corrected chi connectivity index (χ3v) is 3.43. The Hall–Kier alpha value is -1.79. The Morgan fingerprint density at radius 3 is 3.10 bits per heavy atom. The fraction of sp³-hybridized carbons (Fsp3) is 0.500. The molecule has 1 atom stereocenters. The van der Waals surface area contributed by atoms with Crippen molar-refractivity contribution in [2.24, 2.45) is 10.9 Å². The smallest absolute Gasteiger partial charge is 0.169 e. The fourth-order valence-corrected chi connectivity index (χ4v) is 2.36. The largest absolute Gasteiger partial charge is 0.496 e. The molecule has 1 aliphatic heterocycles. The summed E-state index contributed by atoms with van der Waals surface area (Å²) in [6.45, 7) is 4.79. The predicted octanol–water partition coefficient (Wildman–Crippen LogP) is 0.951. The van der Waals surface area contributed by atoms with E-state index in [1.807, 2.05) is 12.1 Å². The van der Waals surface area contributed by atoms with E-state index in [1.54, 1.807) is 7.11 Å². The van der Waals surface area contributed by atoms with Gasteiger partial charge in [-0.2, -0.15) is 0 Å². The number of nitrogens with zero attached hydrogens (tertiary/aromatic N) is 2. The highest BCUT2D eigenvalue weighted by molar-refractivity contribution is 5.84. The van der Waals surface area contributed by atoms with Crippen LogP contribution in [-0.2, 0) is 11.3 Å². The number of methoxy groups -OCH3 is 1. The molecule has 1 aliphatic rings. The van der Waals surface area contributed by atoms with Crippen LogP contribution in [-0.4, -0.2) is 48.9 Å². The summed E-state index contributed by atoms with van der Waals surface area (Å²) in [5.41, 5.74) is 7.94. The van der Waals surface area contributed by atoms with E-state index >= 15 is 0 Å². The predicted molar refractivity (Wildman–Crippen MR) is 76.2 cm³/mol. The van der Waals surface area contributed by atoms with Crippen LogP contribution >= 0.6 is 0 Å². The van der Waals surface area contributed by atoms with Crippen LogP contribution in [0.2, 0.25) is 0 Å². The van der Waals surface area contributed by atoms with E-state index in [1.165, 1.54) is 5.56 Å². The molecule has 1 fully saturated rings. The molecule has 1 unspecified atom stereocenters. The summed E-state index contributed by atoms with van der Waals surface area (Å²) in [4.78, 5) is 2.21. The normalized spacial score (nSPS) is 20.9. The van der Waals surface area contributed by atoms with Crippen molar-refractivity contribution in [3.63, 3.8) is 0 Å². The van der Waals surface area contributed by atoms with Crippen LogP contribution < -0.4 is 10.5 Å². The van der Waals surface area contributed by atoms with Gasteiger partial charge in [0.1, 0.15) is 11.9 Å². The Balaban J connectivity index is 2.08. The lowest BCUT2D eigenvalue weighted by atomic mass is 10.1. The molecule has 6 heteroatoms. The molecule has 0 aliphatic carbocycles. The minimum Gasteiger partial charge on any atom is -0.496 e. The van der Waals surface area contributed by atoms with Gasteiger partial charge in [0.05, 0.1) is 13.7 Å². The first kappa shape index (κ1) is 14.6. The number of hydrogen-bond acceptors (Lipinski definition) is 5. The molecule has 0 aromatic heterocycles. The maximum atomic E-state index is 8.73. The molecule has 6 nitrogen and oxygen atoms in total. The van der Waals surface area contributed by atoms with Crippen LogP contribution in [0.15, 0.2) is 23.4 Å². The quantitative estimate of drug-likeness (QED) is 0.371. The van der Waals surface area contributed by atoms with Gasteiger partial charge in [0, 0.05) is 25.2 Å². The van der Waals surface area contributed by atoms with Crippen LogP contribution in [0.5, 0.6) is 5.75 Å². The molecule has 0 saturated carbocycles. The molecule has 1 heterocycles. The number of morpholine rings is 1. The van der Waals surface area contributed by atoms with Gasteiger partial charge in [-0.3, -0.25) is 4.90 Å². The lowest BCUT2D eigenvalue weighted by molar-refractivity contribution is 0.00118. The number of ether oxygens (including phenoxy) is 2. The standard InChI is InChI=1S/C14H21N3O3/c1-10-3-4-12(19-2)11(7-10)8-17-5-6-20-13(9-17)14(15)16-18/h3-4,7,13,18H,5-6,8-9H2,1-2H3,(H2,15,16). The molecule has 0 radical (unpaired) electrons. The molecule has 1 aromatic rings. The van der Waals surface area contributed by atoms with Gasteiger partial charge in [-0.25, -0.2) is 0 Å². The first-order valence-electron chi connectivity index (χ1n) is 6.59. The zero-order valence-corrected chi connectivity index (χ0v) is 11.9. The molecule has 20 heavy (non-hydrogen) atoms. The molecule has 1 saturated heterocycles. The van der Waals surface area contributed by atoms with Gasteiger partial charge < -0.3 is 20.4 Å². The van der Waals surface area contributed by atoms with Crippen molar-refractivity contribution in [3.05, 3.63) is 29.3 Å².